The molecule has 0 aliphatic carbocycles. The van der Waals surface area contributed by atoms with Gasteiger partial charge in [-0.05, 0) is 58.5 Å². The molecule has 0 N–H and O–H groups in total. The van der Waals surface area contributed by atoms with Crippen molar-refractivity contribution in [1.29, 1.82) is 0 Å². The number of pyridine rings is 1. The van der Waals surface area contributed by atoms with E-state index >= 15 is 0 Å². The van der Waals surface area contributed by atoms with E-state index in [-0.39, 0.29) is 0 Å². The van der Waals surface area contributed by atoms with E-state index in [2.05, 4.69) is 31.0 Å². The molecule has 0 aliphatic rings. The lowest BCUT2D eigenvalue weighted by Gasteiger charge is -2.04. The molecule has 140 valence electrons. The van der Waals surface area contributed by atoms with Crippen molar-refractivity contribution in [3.63, 3.8) is 0 Å². The first-order chi connectivity index (χ1) is 13.6. The Morgan fingerprint density at radius 2 is 1.32 bits per heavy atom. The molecule has 2 aromatic carbocycles. The van der Waals surface area contributed by atoms with Gasteiger partial charge in [0.1, 0.15) is 5.75 Å². The average Bonchev–Trinajstić information content (AvgIpc) is 2.73. The van der Waals surface area contributed by atoms with Crippen LogP contribution in [0.1, 0.15) is 42.0 Å². The molecule has 0 radical (unpaired) electrons. The van der Waals surface area contributed by atoms with Crippen LogP contribution in [-0.4, -0.2) is 11.0 Å². The summed E-state index contributed by atoms with van der Waals surface area (Å²) < 4.78 is 5.36. The van der Waals surface area contributed by atoms with Gasteiger partial charge in [-0.3, -0.25) is 4.98 Å². The average molecular weight is 369 g/mol. The summed E-state index contributed by atoms with van der Waals surface area (Å²) in [7, 11) is 0. The van der Waals surface area contributed by atoms with E-state index in [4.69, 9.17) is 4.74 Å². The molecule has 3 nitrogen and oxygen atoms in total. The lowest BCUT2D eigenvalue weighted by atomic mass is 10.0. The highest BCUT2D eigenvalue weighted by Gasteiger charge is 2.01. The van der Waals surface area contributed by atoms with E-state index < -0.39 is 5.97 Å². The zero-order valence-corrected chi connectivity index (χ0v) is 16.1. The SMILES string of the molecule is CC(C)c1ccc(/C=C/C(=O)Oc2ccc(/C=C/c3ccncc3)cc2)cc1. The molecule has 3 rings (SSSR count). The molecular weight excluding hydrogens is 346 g/mol. The summed E-state index contributed by atoms with van der Waals surface area (Å²) in [6, 6.07) is 19.4. The molecule has 3 aromatic rings. The van der Waals surface area contributed by atoms with Crippen LogP contribution in [0.15, 0.2) is 79.1 Å². The predicted molar refractivity (Wildman–Crippen MR) is 115 cm³/mol. The maximum Gasteiger partial charge on any atom is 0.336 e. The van der Waals surface area contributed by atoms with E-state index in [1.165, 1.54) is 11.6 Å². The Bertz CT molecular complexity index is 954. The third kappa shape index (κ3) is 5.78. The number of ether oxygens (including phenoxy) is 1. The van der Waals surface area contributed by atoms with E-state index in [1.54, 1.807) is 30.6 Å². The van der Waals surface area contributed by atoms with Crippen molar-refractivity contribution in [1.82, 2.24) is 4.98 Å². The molecule has 28 heavy (non-hydrogen) atoms. The summed E-state index contributed by atoms with van der Waals surface area (Å²) in [5.41, 5.74) is 4.35. The second kappa shape index (κ2) is 9.47. The highest BCUT2D eigenvalue weighted by Crippen LogP contribution is 2.17. The molecule has 0 atom stereocenters. The van der Waals surface area contributed by atoms with Gasteiger partial charge in [-0.15, -0.1) is 0 Å². The van der Waals surface area contributed by atoms with Crippen LogP contribution in [0.4, 0.5) is 0 Å². The summed E-state index contributed by atoms with van der Waals surface area (Å²) in [4.78, 5) is 16.0. The fourth-order valence-corrected chi connectivity index (χ4v) is 2.62. The Balaban J connectivity index is 1.56. The fraction of sp³-hybridized carbons (Fsp3) is 0.120. The quantitative estimate of drug-likeness (QED) is 0.304. The molecule has 0 fully saturated rings. The molecule has 0 spiro atoms. The molecule has 0 bridgehead atoms. The molecule has 0 saturated heterocycles. The second-order valence-corrected chi connectivity index (χ2v) is 6.76. The van der Waals surface area contributed by atoms with Gasteiger partial charge in [-0.2, -0.15) is 0 Å². The third-order valence-electron chi connectivity index (χ3n) is 4.29. The lowest BCUT2D eigenvalue weighted by Crippen LogP contribution is -2.03. The van der Waals surface area contributed by atoms with Gasteiger partial charge in [0, 0.05) is 18.5 Å². The molecule has 3 heteroatoms. The van der Waals surface area contributed by atoms with E-state index in [9.17, 15) is 4.79 Å². The largest absolute Gasteiger partial charge is 0.423 e. The maximum absolute atomic E-state index is 12.0. The van der Waals surface area contributed by atoms with Crippen molar-refractivity contribution in [3.8, 4) is 5.75 Å². The molecule has 0 unspecified atom stereocenters. The third-order valence-corrected chi connectivity index (χ3v) is 4.29. The first-order valence-electron chi connectivity index (χ1n) is 9.28. The van der Waals surface area contributed by atoms with Gasteiger partial charge in [0.05, 0.1) is 0 Å². The number of carbonyl (C=O) groups is 1. The number of hydrogen-bond acceptors (Lipinski definition) is 3. The number of aromatic nitrogens is 1. The Hall–Kier alpha value is -3.46. The number of hydrogen-bond donors (Lipinski definition) is 0. The van der Waals surface area contributed by atoms with Crippen molar-refractivity contribution >= 4 is 24.2 Å². The number of benzene rings is 2. The minimum absolute atomic E-state index is 0.395. The van der Waals surface area contributed by atoms with Gasteiger partial charge in [0.15, 0.2) is 0 Å². The monoisotopic (exact) mass is 369 g/mol. The maximum atomic E-state index is 12.0. The van der Waals surface area contributed by atoms with E-state index in [0.717, 1.165) is 16.7 Å². The van der Waals surface area contributed by atoms with E-state index in [1.807, 2.05) is 48.6 Å². The van der Waals surface area contributed by atoms with Gasteiger partial charge in [-0.1, -0.05) is 62.4 Å². The van der Waals surface area contributed by atoms with Crippen LogP contribution in [0.25, 0.3) is 18.2 Å². The smallest absolute Gasteiger partial charge is 0.336 e. The Kier molecular flexibility index (Phi) is 6.53. The van der Waals surface area contributed by atoms with Crippen LogP contribution in [0.2, 0.25) is 0 Å². The molecular formula is C25H23NO2. The first kappa shape index (κ1) is 19.3. The standard InChI is InChI=1S/C25H23NO2/c1-19(2)23-10-5-21(6-11-23)9-14-25(27)28-24-12-7-20(8-13-24)3-4-22-15-17-26-18-16-22/h3-19H,1-2H3/b4-3+,14-9+. The summed E-state index contributed by atoms with van der Waals surface area (Å²) in [5.74, 6) is 0.615. The molecule has 0 saturated carbocycles. The van der Waals surface area contributed by atoms with Crippen LogP contribution in [-0.2, 0) is 4.79 Å². The summed E-state index contributed by atoms with van der Waals surface area (Å²) in [5, 5.41) is 0. The zero-order valence-electron chi connectivity index (χ0n) is 16.1. The van der Waals surface area contributed by atoms with Crippen molar-refractivity contribution < 1.29 is 9.53 Å². The molecule has 0 amide bonds. The summed E-state index contributed by atoms with van der Waals surface area (Å²) >= 11 is 0. The van der Waals surface area contributed by atoms with Crippen LogP contribution in [0.5, 0.6) is 5.75 Å². The molecule has 1 aromatic heterocycles. The van der Waals surface area contributed by atoms with Crippen LogP contribution >= 0.6 is 0 Å². The van der Waals surface area contributed by atoms with Crippen molar-refractivity contribution in [2.45, 2.75) is 19.8 Å². The van der Waals surface area contributed by atoms with Gasteiger partial charge >= 0.3 is 5.97 Å². The minimum Gasteiger partial charge on any atom is -0.423 e. The second-order valence-electron chi connectivity index (χ2n) is 6.76. The number of carbonyl (C=O) groups excluding carboxylic acids is 1. The van der Waals surface area contributed by atoms with Crippen molar-refractivity contribution in [2.24, 2.45) is 0 Å². The van der Waals surface area contributed by atoms with Crippen LogP contribution in [0.3, 0.4) is 0 Å². The van der Waals surface area contributed by atoms with Crippen molar-refractivity contribution in [3.05, 3.63) is 101 Å². The van der Waals surface area contributed by atoms with Crippen molar-refractivity contribution in [2.75, 3.05) is 0 Å². The first-order valence-corrected chi connectivity index (χ1v) is 9.28. The van der Waals surface area contributed by atoms with Gasteiger partial charge in [-0.25, -0.2) is 4.79 Å². The normalized spacial score (nSPS) is 11.4. The lowest BCUT2D eigenvalue weighted by molar-refractivity contribution is -0.128. The van der Waals surface area contributed by atoms with Crippen LogP contribution in [0, 0.1) is 0 Å². The molecule has 1 heterocycles. The van der Waals surface area contributed by atoms with Gasteiger partial charge in [0.25, 0.3) is 0 Å². The topological polar surface area (TPSA) is 39.2 Å². The van der Waals surface area contributed by atoms with Gasteiger partial charge in [0.2, 0.25) is 0 Å². The number of rotatable bonds is 6. The van der Waals surface area contributed by atoms with E-state index in [0.29, 0.717) is 11.7 Å². The predicted octanol–water partition coefficient (Wildman–Crippen LogP) is 5.99. The fourth-order valence-electron chi connectivity index (χ4n) is 2.62. The zero-order chi connectivity index (χ0) is 19.8. The Morgan fingerprint density at radius 3 is 1.93 bits per heavy atom. The Labute approximate surface area is 166 Å². The molecule has 0 aliphatic heterocycles. The highest BCUT2D eigenvalue weighted by molar-refractivity contribution is 5.88. The number of nitrogens with zero attached hydrogens (tertiary/aromatic N) is 1. The van der Waals surface area contributed by atoms with Crippen LogP contribution < -0.4 is 4.74 Å². The Morgan fingerprint density at radius 1 is 0.786 bits per heavy atom. The summed E-state index contributed by atoms with van der Waals surface area (Å²) in [6.45, 7) is 4.31. The number of esters is 1. The summed E-state index contributed by atoms with van der Waals surface area (Å²) in [6.07, 6.45) is 10.7. The highest BCUT2D eigenvalue weighted by atomic mass is 16.5. The minimum atomic E-state index is -0.395. The van der Waals surface area contributed by atoms with Gasteiger partial charge < -0.3 is 4.74 Å².